The van der Waals surface area contributed by atoms with Crippen molar-refractivity contribution in [3.63, 3.8) is 0 Å². The second-order valence-electron chi connectivity index (χ2n) is 9.66. The van der Waals surface area contributed by atoms with Gasteiger partial charge in [-0.2, -0.15) is 13.2 Å². The Kier molecular flexibility index (Phi) is 8.83. The van der Waals surface area contributed by atoms with E-state index in [1.54, 1.807) is 36.8 Å². The van der Waals surface area contributed by atoms with Crippen molar-refractivity contribution in [2.75, 3.05) is 30.8 Å². The van der Waals surface area contributed by atoms with Crippen LogP contribution < -0.4 is 21.1 Å². The SMILES string of the molecule is COc1ccc(NC(=O)Nc2cccc(-c3cn4ccnc4c(CN(CCN)Cc4ccncc4)n3)c2)cc1C(F)(F)F. The van der Waals surface area contributed by atoms with Gasteiger partial charge in [0.15, 0.2) is 5.65 Å². The minimum atomic E-state index is -4.64. The highest BCUT2D eigenvalue weighted by Crippen LogP contribution is 2.37. The molecule has 2 amide bonds. The first-order valence-electron chi connectivity index (χ1n) is 13.3. The van der Waals surface area contributed by atoms with Crippen molar-refractivity contribution in [3.05, 3.63) is 102 Å². The van der Waals surface area contributed by atoms with Crippen LogP contribution >= 0.6 is 0 Å². The van der Waals surface area contributed by atoms with Crippen molar-refractivity contribution < 1.29 is 22.7 Å². The maximum atomic E-state index is 13.4. The molecule has 0 saturated heterocycles. The number of aromatic nitrogens is 4. The number of methoxy groups -OCH3 is 1. The largest absolute Gasteiger partial charge is 0.496 e. The van der Waals surface area contributed by atoms with Crippen molar-refractivity contribution in [3.8, 4) is 17.0 Å². The number of alkyl halides is 3. The topological polar surface area (TPSA) is 123 Å². The predicted molar refractivity (Wildman–Crippen MR) is 156 cm³/mol. The van der Waals surface area contributed by atoms with Crippen LogP contribution in [0.4, 0.5) is 29.3 Å². The van der Waals surface area contributed by atoms with Gasteiger partial charge >= 0.3 is 12.2 Å². The number of imidazole rings is 1. The number of hydrogen-bond donors (Lipinski definition) is 3. The van der Waals surface area contributed by atoms with Gasteiger partial charge in [0.25, 0.3) is 0 Å². The number of amides is 2. The molecule has 0 aliphatic carbocycles. The zero-order valence-electron chi connectivity index (χ0n) is 23.2. The molecule has 13 heteroatoms. The fourth-order valence-electron chi connectivity index (χ4n) is 4.65. The van der Waals surface area contributed by atoms with E-state index < -0.39 is 17.8 Å². The molecule has 0 atom stereocenters. The van der Waals surface area contributed by atoms with Crippen molar-refractivity contribution in [1.82, 2.24) is 24.3 Å². The molecule has 0 unspecified atom stereocenters. The summed E-state index contributed by atoms with van der Waals surface area (Å²) in [5.41, 5.74) is 9.24. The van der Waals surface area contributed by atoms with Gasteiger partial charge in [-0.05, 0) is 48.0 Å². The first-order valence-corrected chi connectivity index (χ1v) is 13.3. The number of rotatable bonds is 10. The number of hydrogen-bond acceptors (Lipinski definition) is 7. The minimum Gasteiger partial charge on any atom is -0.496 e. The molecular formula is C30H29F3N8O2. The Balaban J connectivity index is 1.36. The van der Waals surface area contributed by atoms with E-state index in [1.807, 2.05) is 35.0 Å². The molecule has 0 aliphatic rings. The second kappa shape index (κ2) is 12.9. The van der Waals surface area contributed by atoms with Gasteiger partial charge in [-0.3, -0.25) is 9.88 Å². The summed E-state index contributed by atoms with van der Waals surface area (Å²) in [6, 6.07) is 13.5. The Bertz CT molecular complexity index is 1710. The summed E-state index contributed by atoms with van der Waals surface area (Å²) in [6.45, 7) is 2.27. The van der Waals surface area contributed by atoms with Gasteiger partial charge in [-0.25, -0.2) is 14.8 Å². The molecule has 2 aromatic carbocycles. The van der Waals surface area contributed by atoms with E-state index >= 15 is 0 Å². The molecule has 0 aliphatic heterocycles. The maximum absolute atomic E-state index is 13.4. The molecular weight excluding hydrogens is 561 g/mol. The number of pyridine rings is 1. The van der Waals surface area contributed by atoms with E-state index in [0.29, 0.717) is 43.2 Å². The van der Waals surface area contributed by atoms with Crippen LogP contribution in [0.25, 0.3) is 16.9 Å². The van der Waals surface area contributed by atoms with E-state index in [4.69, 9.17) is 15.5 Å². The van der Waals surface area contributed by atoms with Gasteiger partial charge in [-0.1, -0.05) is 12.1 Å². The van der Waals surface area contributed by atoms with Crippen LogP contribution in [0.3, 0.4) is 0 Å². The molecule has 4 N–H and O–H groups in total. The molecule has 0 radical (unpaired) electrons. The third kappa shape index (κ3) is 7.26. The lowest BCUT2D eigenvalue weighted by Gasteiger charge is -2.22. The number of anilines is 2. The molecule has 5 rings (SSSR count). The number of nitrogens with zero attached hydrogens (tertiary/aromatic N) is 5. The average Bonchev–Trinajstić information content (AvgIpc) is 3.47. The third-order valence-corrected chi connectivity index (χ3v) is 6.60. The van der Waals surface area contributed by atoms with Crippen molar-refractivity contribution in [2.45, 2.75) is 19.3 Å². The monoisotopic (exact) mass is 590 g/mol. The van der Waals surface area contributed by atoms with E-state index in [1.165, 1.54) is 6.07 Å². The number of benzene rings is 2. The summed E-state index contributed by atoms with van der Waals surface area (Å²) in [5.74, 6) is -0.337. The lowest BCUT2D eigenvalue weighted by molar-refractivity contribution is -0.138. The molecule has 0 saturated carbocycles. The Morgan fingerprint density at radius 1 is 1.02 bits per heavy atom. The first kappa shape index (κ1) is 29.5. The molecule has 222 valence electrons. The second-order valence-corrected chi connectivity index (χ2v) is 9.66. The summed E-state index contributed by atoms with van der Waals surface area (Å²) >= 11 is 0. The minimum absolute atomic E-state index is 0.0348. The Morgan fingerprint density at radius 2 is 1.79 bits per heavy atom. The number of ether oxygens (including phenoxy) is 1. The Labute approximate surface area is 245 Å². The smallest absolute Gasteiger partial charge is 0.420 e. The van der Waals surface area contributed by atoms with E-state index in [9.17, 15) is 18.0 Å². The Hall–Kier alpha value is -5.01. The fraction of sp³-hybridized carbons (Fsp3) is 0.200. The summed E-state index contributed by atoms with van der Waals surface area (Å²) in [4.78, 5) is 28.4. The van der Waals surface area contributed by atoms with Gasteiger partial charge in [0.1, 0.15) is 5.75 Å². The normalized spacial score (nSPS) is 11.6. The van der Waals surface area contributed by atoms with Gasteiger partial charge < -0.3 is 25.5 Å². The van der Waals surface area contributed by atoms with Gasteiger partial charge in [0.05, 0.1) is 24.1 Å². The third-order valence-electron chi connectivity index (χ3n) is 6.60. The number of nitrogens with two attached hydrogens (primary N) is 1. The molecule has 10 nitrogen and oxygen atoms in total. The van der Waals surface area contributed by atoms with Crippen molar-refractivity contribution in [1.29, 1.82) is 0 Å². The highest BCUT2D eigenvalue weighted by Gasteiger charge is 2.34. The summed E-state index contributed by atoms with van der Waals surface area (Å²) in [5, 5.41) is 5.12. The number of halogens is 3. The highest BCUT2D eigenvalue weighted by molar-refractivity contribution is 6.00. The fourth-order valence-corrected chi connectivity index (χ4v) is 4.65. The number of urea groups is 1. The van der Waals surface area contributed by atoms with Crippen LogP contribution in [0, 0.1) is 0 Å². The van der Waals surface area contributed by atoms with Crippen LogP contribution in [-0.2, 0) is 19.3 Å². The predicted octanol–water partition coefficient (Wildman–Crippen LogP) is 5.42. The van der Waals surface area contributed by atoms with Crippen LogP contribution in [-0.4, -0.2) is 50.5 Å². The number of carbonyl (C=O) groups excluding carboxylic acids is 1. The molecule has 3 aromatic heterocycles. The van der Waals surface area contributed by atoms with Crippen molar-refractivity contribution >= 4 is 23.1 Å². The number of nitrogens with one attached hydrogen (secondary N) is 2. The molecule has 0 fully saturated rings. The number of fused-ring (bicyclic) bond motifs is 1. The van der Waals surface area contributed by atoms with Gasteiger partial charge in [-0.15, -0.1) is 0 Å². The summed E-state index contributed by atoms with van der Waals surface area (Å²) < 4.78 is 46.8. The molecule has 5 aromatic rings. The molecule has 3 heterocycles. The van der Waals surface area contributed by atoms with Gasteiger partial charge in [0.2, 0.25) is 0 Å². The summed E-state index contributed by atoms with van der Waals surface area (Å²) in [6.07, 6.45) is 4.23. The zero-order chi connectivity index (χ0) is 30.4. The van der Waals surface area contributed by atoms with E-state index in [0.717, 1.165) is 36.1 Å². The summed E-state index contributed by atoms with van der Waals surface area (Å²) in [7, 11) is 1.15. The highest BCUT2D eigenvalue weighted by atomic mass is 19.4. The average molecular weight is 591 g/mol. The lowest BCUT2D eigenvalue weighted by atomic mass is 10.1. The Morgan fingerprint density at radius 3 is 2.51 bits per heavy atom. The van der Waals surface area contributed by atoms with Crippen LogP contribution in [0.2, 0.25) is 0 Å². The number of carbonyl (C=O) groups is 1. The van der Waals surface area contributed by atoms with Crippen LogP contribution in [0.15, 0.2) is 85.6 Å². The quantitative estimate of drug-likeness (QED) is 0.198. The van der Waals surface area contributed by atoms with Crippen LogP contribution in [0.5, 0.6) is 5.75 Å². The van der Waals surface area contributed by atoms with E-state index in [2.05, 4.69) is 25.5 Å². The molecule has 0 bridgehead atoms. The standard InChI is InChI=1S/C30H29F3N8O2/c1-43-27-6-5-23(16-24(27)30(31,32)33)38-29(42)37-22-4-2-3-21(15-22)25-19-41-14-12-36-28(41)26(39-25)18-40(13-9-34)17-20-7-10-35-11-8-20/h2-8,10-12,14-16,19H,9,13,17-18,34H2,1H3,(H2,37,38,42). The van der Waals surface area contributed by atoms with Crippen LogP contribution in [0.1, 0.15) is 16.8 Å². The van der Waals surface area contributed by atoms with Gasteiger partial charge in [0, 0.05) is 74.1 Å². The molecule has 0 spiro atoms. The first-order chi connectivity index (χ1) is 20.7. The van der Waals surface area contributed by atoms with Crippen molar-refractivity contribution in [2.24, 2.45) is 5.73 Å². The maximum Gasteiger partial charge on any atom is 0.420 e. The molecule has 43 heavy (non-hydrogen) atoms. The lowest BCUT2D eigenvalue weighted by Crippen LogP contribution is -2.29. The van der Waals surface area contributed by atoms with E-state index in [-0.39, 0.29) is 11.4 Å². The zero-order valence-corrected chi connectivity index (χ0v) is 23.2.